The third-order valence-corrected chi connectivity index (χ3v) is 4.91. The van der Waals surface area contributed by atoms with Crippen LogP contribution in [0.5, 0.6) is 0 Å². The molecule has 0 bridgehead atoms. The van der Waals surface area contributed by atoms with Crippen molar-refractivity contribution in [3.05, 3.63) is 0 Å². The first-order chi connectivity index (χ1) is 6.62. The summed E-state index contributed by atoms with van der Waals surface area (Å²) in [4.78, 5) is 0. The van der Waals surface area contributed by atoms with Gasteiger partial charge < -0.3 is 5.73 Å². The van der Waals surface area contributed by atoms with E-state index >= 15 is 0 Å². The van der Waals surface area contributed by atoms with Crippen molar-refractivity contribution in [1.82, 2.24) is 4.72 Å². The summed E-state index contributed by atoms with van der Waals surface area (Å²) in [5.41, 5.74) is 5.05. The van der Waals surface area contributed by atoms with Crippen LogP contribution in [0.4, 0.5) is 0 Å². The molecular weight excluding hydrogens is 242 g/mol. The van der Waals surface area contributed by atoms with E-state index in [0.29, 0.717) is 6.42 Å². The molecule has 0 aromatic carbocycles. The lowest BCUT2D eigenvalue weighted by Crippen LogP contribution is -2.31. The highest BCUT2D eigenvalue weighted by Gasteiger charge is 2.16. The molecule has 0 aliphatic carbocycles. The number of amidine groups is 1. The SMILES string of the molecule is CS(=O)(=O)CS(=O)(=O)NCCCC(=N)N. The molecule has 0 spiro atoms. The van der Waals surface area contributed by atoms with Crippen LogP contribution < -0.4 is 10.5 Å². The molecule has 15 heavy (non-hydrogen) atoms. The molecule has 7 nitrogen and oxygen atoms in total. The largest absolute Gasteiger partial charge is 0.388 e. The molecule has 0 saturated carbocycles. The Kier molecular flexibility index (Phi) is 5.18. The molecular formula is C6H15N3O4S2. The minimum atomic E-state index is -3.79. The Hall–Kier alpha value is -0.670. The van der Waals surface area contributed by atoms with E-state index in [1.807, 2.05) is 0 Å². The summed E-state index contributed by atoms with van der Waals surface area (Å²) < 4.78 is 45.8. The number of hydrogen-bond donors (Lipinski definition) is 3. The number of hydrogen-bond acceptors (Lipinski definition) is 5. The maximum Gasteiger partial charge on any atom is 0.226 e. The molecule has 0 aliphatic heterocycles. The van der Waals surface area contributed by atoms with Crippen molar-refractivity contribution in [2.45, 2.75) is 12.8 Å². The summed E-state index contributed by atoms with van der Waals surface area (Å²) in [5.74, 6) is -0.0303. The fraction of sp³-hybridized carbons (Fsp3) is 0.833. The van der Waals surface area contributed by atoms with Gasteiger partial charge in [-0.15, -0.1) is 0 Å². The summed E-state index contributed by atoms with van der Waals surface area (Å²) in [7, 11) is -7.34. The van der Waals surface area contributed by atoms with Crippen LogP contribution >= 0.6 is 0 Å². The Morgan fingerprint density at radius 3 is 2.27 bits per heavy atom. The average molecular weight is 257 g/mol. The maximum absolute atomic E-state index is 11.1. The third-order valence-electron chi connectivity index (χ3n) is 1.31. The van der Waals surface area contributed by atoms with Gasteiger partial charge in [0.25, 0.3) is 0 Å². The zero-order valence-electron chi connectivity index (χ0n) is 8.36. The maximum atomic E-state index is 11.1. The molecule has 0 aromatic rings. The van der Waals surface area contributed by atoms with Gasteiger partial charge >= 0.3 is 0 Å². The summed E-state index contributed by atoms with van der Waals surface area (Å²) in [6.07, 6.45) is 1.50. The van der Waals surface area contributed by atoms with E-state index in [0.717, 1.165) is 6.26 Å². The number of sulfonamides is 1. The Labute approximate surface area is 89.5 Å². The molecule has 4 N–H and O–H groups in total. The van der Waals surface area contributed by atoms with Crippen molar-refractivity contribution in [3.63, 3.8) is 0 Å². The van der Waals surface area contributed by atoms with Gasteiger partial charge in [0.2, 0.25) is 10.0 Å². The normalized spacial score (nSPS) is 12.6. The number of sulfone groups is 1. The lowest BCUT2D eigenvalue weighted by molar-refractivity contribution is 0.579. The monoisotopic (exact) mass is 257 g/mol. The van der Waals surface area contributed by atoms with Gasteiger partial charge in [-0.25, -0.2) is 21.6 Å². The zero-order chi connectivity index (χ0) is 12.1. The van der Waals surface area contributed by atoms with Gasteiger partial charge in [-0.2, -0.15) is 0 Å². The van der Waals surface area contributed by atoms with E-state index < -0.39 is 24.9 Å². The van der Waals surface area contributed by atoms with E-state index in [1.165, 1.54) is 0 Å². The highest BCUT2D eigenvalue weighted by Crippen LogP contribution is 1.93. The van der Waals surface area contributed by atoms with Crippen molar-refractivity contribution in [2.24, 2.45) is 5.73 Å². The van der Waals surface area contributed by atoms with Crippen molar-refractivity contribution >= 4 is 25.7 Å². The molecule has 90 valence electrons. The second-order valence-corrected chi connectivity index (χ2v) is 7.49. The first kappa shape index (κ1) is 14.3. The molecule has 0 aromatic heterocycles. The third kappa shape index (κ3) is 9.63. The minimum absolute atomic E-state index is 0.0303. The topological polar surface area (TPSA) is 130 Å². The van der Waals surface area contributed by atoms with Gasteiger partial charge in [0.1, 0.15) is 0 Å². The predicted octanol–water partition coefficient (Wildman–Crippen LogP) is -1.38. The lowest BCUT2D eigenvalue weighted by atomic mass is 10.3. The molecule has 0 amide bonds. The van der Waals surface area contributed by atoms with Crippen LogP contribution in [0, 0.1) is 5.41 Å². The van der Waals surface area contributed by atoms with Gasteiger partial charge in [0.05, 0.1) is 5.84 Å². The van der Waals surface area contributed by atoms with Gasteiger partial charge in [-0.3, -0.25) is 5.41 Å². The standard InChI is InChI=1S/C6H15N3O4S2/c1-14(10,11)5-15(12,13)9-4-2-3-6(7)8/h9H,2-5H2,1H3,(H3,7,8). The summed E-state index contributed by atoms with van der Waals surface area (Å²) in [5, 5.41) is 5.96. The Morgan fingerprint density at radius 2 is 1.87 bits per heavy atom. The Bertz CT molecular complexity index is 412. The van der Waals surface area contributed by atoms with Crippen LogP contribution in [-0.2, 0) is 19.9 Å². The molecule has 0 fully saturated rings. The van der Waals surface area contributed by atoms with Crippen LogP contribution in [0.3, 0.4) is 0 Å². The van der Waals surface area contributed by atoms with Gasteiger partial charge in [0.15, 0.2) is 14.9 Å². The molecule has 0 saturated heterocycles. The highest BCUT2D eigenvalue weighted by molar-refractivity contribution is 8.06. The molecule has 0 aliphatic rings. The second kappa shape index (κ2) is 5.42. The van der Waals surface area contributed by atoms with E-state index in [2.05, 4.69) is 4.72 Å². The number of rotatable bonds is 7. The number of nitrogens with two attached hydrogens (primary N) is 1. The van der Waals surface area contributed by atoms with Crippen molar-refractivity contribution in [1.29, 1.82) is 5.41 Å². The van der Waals surface area contributed by atoms with Crippen molar-refractivity contribution in [2.75, 3.05) is 17.9 Å². The van der Waals surface area contributed by atoms with E-state index in [-0.39, 0.29) is 18.8 Å². The molecule has 0 unspecified atom stereocenters. The molecule has 0 rings (SSSR count). The van der Waals surface area contributed by atoms with Crippen LogP contribution in [0.2, 0.25) is 0 Å². The summed E-state index contributed by atoms with van der Waals surface area (Å²) >= 11 is 0. The first-order valence-electron chi connectivity index (χ1n) is 4.10. The average Bonchev–Trinajstić information content (AvgIpc) is 1.93. The van der Waals surface area contributed by atoms with Crippen LogP contribution in [0.1, 0.15) is 12.8 Å². The smallest absolute Gasteiger partial charge is 0.226 e. The summed E-state index contributed by atoms with van der Waals surface area (Å²) in [6, 6.07) is 0. The van der Waals surface area contributed by atoms with E-state index in [4.69, 9.17) is 11.1 Å². The van der Waals surface area contributed by atoms with Crippen molar-refractivity contribution < 1.29 is 16.8 Å². The highest BCUT2D eigenvalue weighted by atomic mass is 32.3. The summed E-state index contributed by atoms with van der Waals surface area (Å²) in [6.45, 7) is 0.0808. The molecule has 0 atom stereocenters. The minimum Gasteiger partial charge on any atom is -0.388 e. The van der Waals surface area contributed by atoms with Gasteiger partial charge in [-0.1, -0.05) is 0 Å². The molecule has 9 heteroatoms. The fourth-order valence-corrected chi connectivity index (χ4v) is 3.87. The Balaban J connectivity index is 4.02. The molecule has 0 heterocycles. The predicted molar refractivity (Wildman–Crippen MR) is 57.8 cm³/mol. The number of nitrogens with one attached hydrogen (secondary N) is 2. The second-order valence-electron chi connectivity index (χ2n) is 3.18. The van der Waals surface area contributed by atoms with Gasteiger partial charge in [-0.05, 0) is 6.42 Å². The van der Waals surface area contributed by atoms with Crippen LogP contribution in [0.25, 0.3) is 0 Å². The molecule has 0 radical (unpaired) electrons. The van der Waals surface area contributed by atoms with Crippen molar-refractivity contribution in [3.8, 4) is 0 Å². The van der Waals surface area contributed by atoms with Crippen LogP contribution in [-0.4, -0.2) is 40.6 Å². The Morgan fingerprint density at radius 1 is 1.33 bits per heavy atom. The van der Waals surface area contributed by atoms with Gasteiger partial charge in [0, 0.05) is 19.2 Å². The zero-order valence-corrected chi connectivity index (χ0v) is 9.99. The van der Waals surface area contributed by atoms with Crippen LogP contribution in [0.15, 0.2) is 0 Å². The van der Waals surface area contributed by atoms with E-state index in [1.54, 1.807) is 0 Å². The lowest BCUT2D eigenvalue weighted by Gasteiger charge is -2.04. The quantitative estimate of drug-likeness (QED) is 0.294. The fourth-order valence-electron chi connectivity index (χ4n) is 0.830. The van der Waals surface area contributed by atoms with E-state index in [9.17, 15) is 16.8 Å². The first-order valence-corrected chi connectivity index (χ1v) is 7.81.